The third kappa shape index (κ3) is 12.8. The van der Waals surface area contributed by atoms with Gasteiger partial charge in [-0.15, -0.1) is 0 Å². The number of aromatic carboxylic acids is 1. The first-order valence-corrected chi connectivity index (χ1v) is 10.4. The summed E-state index contributed by atoms with van der Waals surface area (Å²) < 4.78 is 64.6. The molecule has 0 aliphatic rings. The standard InChI is InChI=1S/C8H8F2N2O3.C7H6F2N2O3.C6H6N2O3/c1-14-8(13)5-2-12-7(3-11-5)15-4-6(9)10;8-5(9)3-14-6-2-10-4(1-11-6)7(12)13;1-11-6(10)4-2-8-5(9)3-7-4/h2-3,6H,4H2,1H3;1-2,5H,3H2,(H,12,13);2-3H,1H3,(H,8,9). The lowest BCUT2D eigenvalue weighted by atomic mass is 10.4. The van der Waals surface area contributed by atoms with Crippen molar-refractivity contribution in [1.29, 1.82) is 0 Å². The number of carbonyl (C=O) groups excluding carboxylic acids is 2. The van der Waals surface area contributed by atoms with Crippen molar-refractivity contribution in [3.8, 4) is 11.8 Å². The molecule has 19 heteroatoms. The number of esters is 2. The molecule has 0 aromatic carbocycles. The Morgan fingerprint density at radius 1 is 0.750 bits per heavy atom. The van der Waals surface area contributed by atoms with Gasteiger partial charge in [-0.3, -0.25) is 4.79 Å². The van der Waals surface area contributed by atoms with E-state index in [4.69, 9.17) is 5.11 Å². The van der Waals surface area contributed by atoms with Crippen molar-refractivity contribution in [2.24, 2.45) is 0 Å². The van der Waals surface area contributed by atoms with E-state index in [-0.39, 0.29) is 34.4 Å². The molecule has 3 aromatic rings. The third-order valence-corrected chi connectivity index (χ3v) is 3.65. The zero-order chi connectivity index (χ0) is 30.1. The summed E-state index contributed by atoms with van der Waals surface area (Å²) in [4.78, 5) is 62.3. The molecule has 216 valence electrons. The maximum Gasteiger partial charge on any atom is 0.358 e. The molecule has 0 fully saturated rings. The molecule has 15 nitrogen and oxygen atoms in total. The maximum atomic E-state index is 11.7. The lowest BCUT2D eigenvalue weighted by Gasteiger charge is -2.03. The van der Waals surface area contributed by atoms with E-state index in [9.17, 15) is 36.7 Å². The summed E-state index contributed by atoms with van der Waals surface area (Å²) in [6.45, 7) is -1.55. The number of aromatic amines is 1. The quantitative estimate of drug-likeness (QED) is 0.272. The molecule has 0 radical (unpaired) electrons. The largest absolute Gasteiger partial charge is 0.476 e. The number of hydrogen-bond donors (Lipinski definition) is 2. The number of rotatable bonds is 9. The second-order valence-corrected chi connectivity index (χ2v) is 6.47. The molecule has 0 bridgehead atoms. The van der Waals surface area contributed by atoms with Crippen LogP contribution in [0.15, 0.2) is 42.0 Å². The van der Waals surface area contributed by atoms with Gasteiger partial charge in [0.2, 0.25) is 11.8 Å². The lowest BCUT2D eigenvalue weighted by Crippen LogP contribution is -2.11. The summed E-state index contributed by atoms with van der Waals surface area (Å²) >= 11 is 0. The first-order chi connectivity index (χ1) is 19.0. The Morgan fingerprint density at radius 2 is 1.20 bits per heavy atom. The average molecular weight is 576 g/mol. The van der Waals surface area contributed by atoms with Crippen LogP contribution in [0.1, 0.15) is 31.5 Å². The van der Waals surface area contributed by atoms with E-state index in [2.05, 4.69) is 48.9 Å². The lowest BCUT2D eigenvalue weighted by molar-refractivity contribution is 0.0584. The molecule has 0 amide bonds. The SMILES string of the molecule is COC(=O)c1c[nH]c(=O)cn1.COC(=O)c1cnc(OCC(F)F)cn1.O=C(O)c1cnc(OCC(F)F)cn1. The molecule has 3 rings (SSSR count). The fraction of sp³-hybridized carbons (Fsp3) is 0.286. The monoisotopic (exact) mass is 576 g/mol. The van der Waals surface area contributed by atoms with Gasteiger partial charge in [0.05, 0.1) is 45.2 Å². The molecule has 0 saturated carbocycles. The molecule has 3 aromatic heterocycles. The minimum Gasteiger partial charge on any atom is -0.476 e. The van der Waals surface area contributed by atoms with E-state index in [0.29, 0.717) is 0 Å². The highest BCUT2D eigenvalue weighted by Crippen LogP contribution is 2.07. The van der Waals surface area contributed by atoms with Gasteiger partial charge >= 0.3 is 17.9 Å². The molecule has 0 atom stereocenters. The first-order valence-electron chi connectivity index (χ1n) is 10.4. The number of methoxy groups -OCH3 is 2. The number of nitrogens with zero attached hydrogens (tertiary/aromatic N) is 5. The Morgan fingerprint density at radius 3 is 1.55 bits per heavy atom. The predicted octanol–water partition coefficient (Wildman–Crippen LogP) is 1.28. The number of ether oxygens (including phenoxy) is 4. The zero-order valence-corrected chi connectivity index (χ0v) is 20.5. The Kier molecular flexibility index (Phi) is 14.2. The van der Waals surface area contributed by atoms with Gasteiger partial charge in [0.1, 0.15) is 0 Å². The first kappa shape index (κ1) is 32.8. The smallest absolute Gasteiger partial charge is 0.358 e. The van der Waals surface area contributed by atoms with Crippen LogP contribution in [-0.4, -0.2) is 93.2 Å². The minimum absolute atomic E-state index is 0.0121. The van der Waals surface area contributed by atoms with Gasteiger partial charge < -0.3 is 29.0 Å². The van der Waals surface area contributed by atoms with E-state index in [0.717, 1.165) is 31.0 Å². The number of carboxylic acid groups (broad SMARTS) is 1. The number of carbonyl (C=O) groups is 3. The summed E-state index contributed by atoms with van der Waals surface area (Å²) in [6.07, 6.45) is 1.12. The van der Waals surface area contributed by atoms with E-state index in [1.54, 1.807) is 0 Å². The fourth-order valence-corrected chi connectivity index (χ4v) is 1.96. The number of carboxylic acids is 1. The van der Waals surface area contributed by atoms with E-state index < -0.39 is 44.0 Å². The Labute approximate surface area is 221 Å². The van der Waals surface area contributed by atoms with Crippen LogP contribution in [0.4, 0.5) is 17.6 Å². The van der Waals surface area contributed by atoms with Crippen molar-refractivity contribution < 1.29 is 56.0 Å². The average Bonchev–Trinajstić information content (AvgIpc) is 2.95. The molecule has 3 heterocycles. The van der Waals surface area contributed by atoms with Crippen molar-refractivity contribution in [3.05, 3.63) is 64.6 Å². The highest BCUT2D eigenvalue weighted by atomic mass is 19.3. The topological polar surface area (TPSA) is 206 Å². The fourth-order valence-electron chi connectivity index (χ4n) is 1.96. The molecule has 0 spiro atoms. The van der Waals surface area contributed by atoms with Crippen LogP contribution >= 0.6 is 0 Å². The van der Waals surface area contributed by atoms with Gasteiger partial charge in [-0.2, -0.15) is 0 Å². The van der Waals surface area contributed by atoms with Crippen LogP contribution in [0.2, 0.25) is 0 Å². The second kappa shape index (κ2) is 17.3. The maximum absolute atomic E-state index is 11.7. The van der Waals surface area contributed by atoms with Crippen molar-refractivity contribution in [2.45, 2.75) is 12.9 Å². The zero-order valence-electron chi connectivity index (χ0n) is 20.5. The molecular weight excluding hydrogens is 556 g/mol. The molecule has 0 aliphatic carbocycles. The van der Waals surface area contributed by atoms with Crippen molar-refractivity contribution in [3.63, 3.8) is 0 Å². The van der Waals surface area contributed by atoms with Crippen LogP contribution in [-0.2, 0) is 9.47 Å². The van der Waals surface area contributed by atoms with E-state index in [1.165, 1.54) is 20.4 Å². The Balaban J connectivity index is 0.000000304. The number of aromatic nitrogens is 6. The Bertz CT molecular complexity index is 1260. The van der Waals surface area contributed by atoms with Gasteiger partial charge in [0.15, 0.2) is 30.3 Å². The number of H-pyrrole nitrogens is 1. The summed E-state index contributed by atoms with van der Waals surface area (Å²) in [7, 11) is 2.44. The van der Waals surface area contributed by atoms with Crippen molar-refractivity contribution in [2.75, 3.05) is 27.4 Å². The molecule has 2 N–H and O–H groups in total. The normalized spacial score (nSPS) is 9.90. The van der Waals surface area contributed by atoms with Crippen LogP contribution in [0.3, 0.4) is 0 Å². The summed E-state index contributed by atoms with van der Waals surface area (Å²) in [6, 6.07) is 0. The van der Waals surface area contributed by atoms with Crippen molar-refractivity contribution >= 4 is 17.9 Å². The van der Waals surface area contributed by atoms with Gasteiger partial charge in [-0.05, 0) is 0 Å². The third-order valence-electron chi connectivity index (χ3n) is 3.65. The van der Waals surface area contributed by atoms with Crippen LogP contribution in [0, 0.1) is 0 Å². The van der Waals surface area contributed by atoms with Gasteiger partial charge in [0, 0.05) is 6.20 Å². The number of hydrogen-bond acceptors (Lipinski definition) is 13. The molecule has 0 aliphatic heterocycles. The highest BCUT2D eigenvalue weighted by Gasteiger charge is 2.10. The van der Waals surface area contributed by atoms with Crippen LogP contribution in [0.5, 0.6) is 11.8 Å². The predicted molar refractivity (Wildman–Crippen MR) is 122 cm³/mol. The second-order valence-electron chi connectivity index (χ2n) is 6.47. The number of alkyl halides is 4. The number of halogens is 4. The molecular formula is C21H20F4N6O9. The van der Waals surface area contributed by atoms with Crippen LogP contribution in [0.25, 0.3) is 0 Å². The van der Waals surface area contributed by atoms with Crippen LogP contribution < -0.4 is 15.0 Å². The van der Waals surface area contributed by atoms with Gasteiger partial charge in [-0.1, -0.05) is 0 Å². The molecule has 0 unspecified atom stereocenters. The van der Waals surface area contributed by atoms with E-state index in [1.807, 2.05) is 0 Å². The molecule has 0 saturated heterocycles. The highest BCUT2D eigenvalue weighted by molar-refractivity contribution is 5.87. The van der Waals surface area contributed by atoms with E-state index >= 15 is 0 Å². The summed E-state index contributed by atoms with van der Waals surface area (Å²) in [5, 5.41) is 8.43. The minimum atomic E-state index is -2.60. The summed E-state index contributed by atoms with van der Waals surface area (Å²) in [5.41, 5.74) is -0.541. The Hall–Kier alpha value is -5.23. The molecule has 40 heavy (non-hydrogen) atoms. The van der Waals surface area contributed by atoms with Crippen molar-refractivity contribution in [1.82, 2.24) is 29.9 Å². The van der Waals surface area contributed by atoms with Gasteiger partial charge in [0.25, 0.3) is 18.4 Å². The number of nitrogens with one attached hydrogen (secondary N) is 1. The van der Waals surface area contributed by atoms with Gasteiger partial charge in [-0.25, -0.2) is 56.9 Å². The summed E-state index contributed by atoms with van der Waals surface area (Å²) in [5.74, 6) is -2.65.